The summed E-state index contributed by atoms with van der Waals surface area (Å²) in [7, 11) is 0. The van der Waals surface area contributed by atoms with E-state index >= 15 is 0 Å². The van der Waals surface area contributed by atoms with Gasteiger partial charge in [-0.25, -0.2) is 0 Å². The summed E-state index contributed by atoms with van der Waals surface area (Å²) in [6.45, 7) is 5.79. The molecular formula is C12H23NO3. The molecule has 0 bridgehead atoms. The molecule has 1 aliphatic rings. The molecule has 0 aliphatic carbocycles. The van der Waals surface area contributed by atoms with Crippen LogP contribution in [0, 0.1) is 0 Å². The van der Waals surface area contributed by atoms with E-state index in [1.807, 2.05) is 0 Å². The van der Waals surface area contributed by atoms with Crippen LogP contribution in [0.2, 0.25) is 0 Å². The Bertz CT molecular complexity index is 202. The Hall–Kier alpha value is -0.610. The first-order chi connectivity index (χ1) is 7.74. The zero-order chi connectivity index (χ0) is 11.8. The van der Waals surface area contributed by atoms with Crippen molar-refractivity contribution in [3.8, 4) is 0 Å². The lowest BCUT2D eigenvalue weighted by Gasteiger charge is -2.19. The number of nitrogens with one attached hydrogen (secondary N) is 1. The van der Waals surface area contributed by atoms with Crippen molar-refractivity contribution in [3.63, 3.8) is 0 Å². The first-order valence-corrected chi connectivity index (χ1v) is 6.24. The molecule has 94 valence electrons. The number of hydrogen-bond acceptors (Lipinski definition) is 4. The fourth-order valence-corrected chi connectivity index (χ4v) is 1.75. The first kappa shape index (κ1) is 13.5. The Morgan fingerprint density at radius 1 is 1.62 bits per heavy atom. The summed E-state index contributed by atoms with van der Waals surface area (Å²) in [6.07, 6.45) is 4.44. The number of carbonyl (C=O) groups is 1. The van der Waals surface area contributed by atoms with Gasteiger partial charge in [0.1, 0.15) is 0 Å². The molecule has 1 N–H and O–H groups in total. The SMILES string of the molecule is CCCCOC(=O)CNC(C)C1CCCO1. The Morgan fingerprint density at radius 2 is 2.44 bits per heavy atom. The van der Waals surface area contributed by atoms with E-state index in [0.29, 0.717) is 6.61 Å². The number of rotatable bonds is 7. The van der Waals surface area contributed by atoms with Crippen LogP contribution in [0.4, 0.5) is 0 Å². The van der Waals surface area contributed by atoms with E-state index in [2.05, 4.69) is 19.2 Å². The van der Waals surface area contributed by atoms with Crippen molar-refractivity contribution in [1.82, 2.24) is 5.32 Å². The molecule has 2 atom stereocenters. The van der Waals surface area contributed by atoms with Crippen molar-refractivity contribution in [1.29, 1.82) is 0 Å². The van der Waals surface area contributed by atoms with Crippen molar-refractivity contribution in [2.24, 2.45) is 0 Å². The molecule has 0 radical (unpaired) electrons. The van der Waals surface area contributed by atoms with Crippen molar-refractivity contribution in [2.75, 3.05) is 19.8 Å². The lowest BCUT2D eigenvalue weighted by Crippen LogP contribution is -2.40. The third-order valence-electron chi connectivity index (χ3n) is 2.85. The second-order valence-corrected chi connectivity index (χ2v) is 4.30. The predicted octanol–water partition coefficient (Wildman–Crippen LogP) is 1.49. The molecule has 0 aromatic heterocycles. The molecule has 16 heavy (non-hydrogen) atoms. The minimum atomic E-state index is -0.168. The van der Waals surface area contributed by atoms with Crippen LogP contribution in [0.1, 0.15) is 39.5 Å². The van der Waals surface area contributed by atoms with E-state index in [0.717, 1.165) is 32.3 Å². The highest BCUT2D eigenvalue weighted by molar-refractivity contribution is 5.71. The highest BCUT2D eigenvalue weighted by atomic mass is 16.5. The van der Waals surface area contributed by atoms with Crippen LogP contribution >= 0.6 is 0 Å². The molecule has 0 aromatic rings. The minimum Gasteiger partial charge on any atom is -0.465 e. The third-order valence-corrected chi connectivity index (χ3v) is 2.85. The zero-order valence-electron chi connectivity index (χ0n) is 10.3. The van der Waals surface area contributed by atoms with Gasteiger partial charge in [0.15, 0.2) is 0 Å². The highest BCUT2D eigenvalue weighted by Gasteiger charge is 2.22. The van der Waals surface area contributed by atoms with Gasteiger partial charge in [-0.15, -0.1) is 0 Å². The molecular weight excluding hydrogens is 206 g/mol. The average molecular weight is 229 g/mol. The fourth-order valence-electron chi connectivity index (χ4n) is 1.75. The van der Waals surface area contributed by atoms with Crippen LogP contribution < -0.4 is 5.32 Å². The van der Waals surface area contributed by atoms with Crippen molar-refractivity contribution in [2.45, 2.75) is 51.7 Å². The van der Waals surface area contributed by atoms with E-state index in [-0.39, 0.29) is 24.7 Å². The van der Waals surface area contributed by atoms with Crippen LogP contribution in [-0.4, -0.2) is 37.9 Å². The lowest BCUT2D eigenvalue weighted by atomic mass is 10.1. The molecule has 1 aliphatic heterocycles. The molecule has 1 fully saturated rings. The van der Waals surface area contributed by atoms with Crippen LogP contribution in [0.5, 0.6) is 0 Å². The molecule has 2 unspecified atom stereocenters. The fraction of sp³-hybridized carbons (Fsp3) is 0.917. The number of unbranched alkanes of at least 4 members (excludes halogenated alkanes) is 1. The monoisotopic (exact) mass is 229 g/mol. The van der Waals surface area contributed by atoms with Crippen LogP contribution in [-0.2, 0) is 14.3 Å². The maximum atomic E-state index is 11.3. The van der Waals surface area contributed by atoms with Gasteiger partial charge in [0.2, 0.25) is 0 Å². The topological polar surface area (TPSA) is 47.6 Å². The van der Waals surface area contributed by atoms with E-state index in [1.165, 1.54) is 0 Å². The summed E-state index contributed by atoms with van der Waals surface area (Å²) in [4.78, 5) is 11.3. The molecule has 0 spiro atoms. The molecule has 1 saturated heterocycles. The van der Waals surface area contributed by atoms with Crippen molar-refractivity contribution >= 4 is 5.97 Å². The van der Waals surface area contributed by atoms with Gasteiger partial charge in [-0.3, -0.25) is 4.79 Å². The zero-order valence-corrected chi connectivity index (χ0v) is 10.3. The molecule has 0 amide bonds. The van der Waals surface area contributed by atoms with Gasteiger partial charge in [-0.2, -0.15) is 0 Å². The molecule has 0 aromatic carbocycles. The molecule has 0 saturated carbocycles. The smallest absolute Gasteiger partial charge is 0.319 e. The molecule has 1 rings (SSSR count). The molecule has 1 heterocycles. The minimum absolute atomic E-state index is 0.168. The Morgan fingerprint density at radius 3 is 3.06 bits per heavy atom. The number of hydrogen-bond donors (Lipinski definition) is 1. The van der Waals surface area contributed by atoms with Gasteiger partial charge in [0, 0.05) is 12.6 Å². The van der Waals surface area contributed by atoms with Gasteiger partial charge in [-0.05, 0) is 26.2 Å². The van der Waals surface area contributed by atoms with Gasteiger partial charge in [0.05, 0.1) is 19.3 Å². The summed E-state index contributed by atoms with van der Waals surface area (Å²) in [6, 6.07) is 0.223. The second-order valence-electron chi connectivity index (χ2n) is 4.30. The van der Waals surface area contributed by atoms with Crippen LogP contribution in [0.25, 0.3) is 0 Å². The van der Waals surface area contributed by atoms with Crippen LogP contribution in [0.15, 0.2) is 0 Å². The summed E-state index contributed by atoms with van der Waals surface area (Å²) < 4.78 is 10.6. The lowest BCUT2D eigenvalue weighted by molar-refractivity contribution is -0.142. The summed E-state index contributed by atoms with van der Waals surface area (Å²) >= 11 is 0. The Balaban J connectivity index is 2.06. The van der Waals surface area contributed by atoms with Gasteiger partial charge in [-0.1, -0.05) is 13.3 Å². The maximum Gasteiger partial charge on any atom is 0.319 e. The van der Waals surface area contributed by atoms with Crippen molar-refractivity contribution in [3.05, 3.63) is 0 Å². The largest absolute Gasteiger partial charge is 0.465 e. The molecule has 4 nitrogen and oxygen atoms in total. The third kappa shape index (κ3) is 4.94. The van der Waals surface area contributed by atoms with E-state index in [4.69, 9.17) is 9.47 Å². The number of carbonyl (C=O) groups excluding carboxylic acids is 1. The summed E-state index contributed by atoms with van der Waals surface area (Å²) in [5, 5.41) is 3.15. The predicted molar refractivity (Wildman–Crippen MR) is 62.3 cm³/mol. The first-order valence-electron chi connectivity index (χ1n) is 6.24. The Labute approximate surface area is 97.7 Å². The van der Waals surface area contributed by atoms with Gasteiger partial charge in [0.25, 0.3) is 0 Å². The quantitative estimate of drug-likeness (QED) is 0.531. The van der Waals surface area contributed by atoms with E-state index < -0.39 is 0 Å². The standard InChI is InChI=1S/C12H23NO3/c1-3-4-7-16-12(14)9-13-10(2)11-6-5-8-15-11/h10-11,13H,3-9H2,1-2H3. The van der Waals surface area contributed by atoms with Gasteiger partial charge >= 0.3 is 5.97 Å². The van der Waals surface area contributed by atoms with E-state index in [9.17, 15) is 4.79 Å². The summed E-state index contributed by atoms with van der Waals surface area (Å²) in [5.41, 5.74) is 0. The normalized spacial score (nSPS) is 22.0. The van der Waals surface area contributed by atoms with Crippen LogP contribution in [0.3, 0.4) is 0 Å². The summed E-state index contributed by atoms with van der Waals surface area (Å²) in [5.74, 6) is -0.168. The Kier molecular flexibility index (Phi) is 6.42. The second kappa shape index (κ2) is 7.63. The molecule has 4 heteroatoms. The van der Waals surface area contributed by atoms with Gasteiger partial charge < -0.3 is 14.8 Å². The number of ether oxygens (including phenoxy) is 2. The van der Waals surface area contributed by atoms with E-state index in [1.54, 1.807) is 0 Å². The van der Waals surface area contributed by atoms with Crippen molar-refractivity contribution < 1.29 is 14.3 Å². The maximum absolute atomic E-state index is 11.3. The highest BCUT2D eigenvalue weighted by Crippen LogP contribution is 2.15. The average Bonchev–Trinajstić information content (AvgIpc) is 2.79. The number of esters is 1.